The van der Waals surface area contributed by atoms with Gasteiger partial charge in [-0.25, -0.2) is 4.65 Å². The van der Waals surface area contributed by atoms with Crippen LogP contribution in [0.5, 0.6) is 0 Å². The van der Waals surface area contributed by atoms with E-state index in [0.717, 1.165) is 449 Å². The van der Waals surface area contributed by atoms with E-state index in [1.54, 1.807) is 0 Å². The largest absolute Gasteiger partial charge is 0.573 e. The quantitative estimate of drug-likeness (QED) is 0.141. The maximum absolute atomic E-state index is 9.69. The Bertz CT molecular complexity index is 3110. The Kier molecular flexibility index (Phi) is 25.9. The summed E-state index contributed by atoms with van der Waals surface area (Å²) in [5, 5.41) is 0. The molecule has 14 aliphatic carbocycles. The summed E-state index contributed by atoms with van der Waals surface area (Å²) in [6, 6.07) is 0. The normalized spacial score (nSPS) is 48.8. The van der Waals surface area contributed by atoms with Crippen molar-refractivity contribution in [3.05, 3.63) is 0 Å². The van der Waals surface area contributed by atoms with Crippen LogP contribution < -0.4 is 4.65 Å². The van der Waals surface area contributed by atoms with E-state index < -0.39 is 141 Å². The zero-order chi connectivity index (χ0) is 83.3. The van der Waals surface area contributed by atoms with Gasteiger partial charge in [-0.15, -0.1) is 0 Å². The zero-order valence-corrected chi connectivity index (χ0v) is 91.9. The van der Waals surface area contributed by atoms with Gasteiger partial charge in [-0.1, -0.05) is 270 Å². The summed E-state index contributed by atoms with van der Waals surface area (Å²) in [5.41, 5.74) is -2.68. The van der Waals surface area contributed by atoms with Crippen LogP contribution in [0.3, 0.4) is 0 Å². The molecule has 0 spiro atoms. The molecule has 26 aliphatic rings. The number of nitrogens with one attached hydrogen (secondary N) is 1. The predicted molar refractivity (Wildman–Crippen MR) is 497 cm³/mol. The highest BCUT2D eigenvalue weighted by atomic mass is 28.7. The molecule has 26 rings (SSSR count). The molecule has 704 valence electrons. The molecule has 26 fully saturated rings. The third kappa shape index (κ3) is 16.1. The molecule has 41 heteroatoms. The second-order valence-electron chi connectivity index (χ2n) is 44.8. The molecule has 0 amide bonds. The van der Waals surface area contributed by atoms with Gasteiger partial charge in [-0.2, -0.15) is 0 Å². The molecule has 125 heavy (non-hydrogen) atoms. The van der Waals surface area contributed by atoms with E-state index >= 15 is 0 Å². The predicted octanol–water partition coefficient (Wildman–Crippen LogP) is 23.8. The van der Waals surface area contributed by atoms with Crippen LogP contribution in [0.2, 0.25) is 77.6 Å². The highest BCUT2D eigenvalue weighted by molar-refractivity contribution is 7.09. The Morgan fingerprint density at radius 2 is 0.168 bits per heavy atom. The Morgan fingerprint density at radius 1 is 0.0960 bits per heavy atom. The van der Waals surface area contributed by atoms with Gasteiger partial charge in [0.15, 0.2) is 0 Å². The lowest BCUT2D eigenvalue weighted by Gasteiger charge is -2.69. The van der Waals surface area contributed by atoms with Crippen LogP contribution in [0, 0.1) is 0 Å². The summed E-state index contributed by atoms with van der Waals surface area (Å²) >= 11 is 0. The fourth-order valence-corrected chi connectivity index (χ4v) is 143. The van der Waals surface area contributed by atoms with Crippen molar-refractivity contribution in [2.24, 2.45) is 0 Å². The fourth-order valence-electron chi connectivity index (χ4n) is 29.9. The van der Waals surface area contributed by atoms with Crippen LogP contribution in [-0.4, -0.2) is 141 Å². The van der Waals surface area contributed by atoms with Crippen molar-refractivity contribution in [2.45, 2.75) is 527 Å². The Balaban J connectivity index is 0.822. The first-order valence-corrected chi connectivity index (χ1v) is 82.4. The molecule has 0 unspecified atom stereocenters. The van der Waals surface area contributed by atoms with Gasteiger partial charge in [0, 0.05) is 77.6 Å². The summed E-state index contributed by atoms with van der Waals surface area (Å²) in [6.07, 6.45) is 67.5. The van der Waals surface area contributed by atoms with Crippen molar-refractivity contribution in [2.75, 3.05) is 0 Å². The van der Waals surface area contributed by atoms with Gasteiger partial charge in [0.1, 0.15) is 0 Å². The third-order valence-electron chi connectivity index (χ3n) is 36.6. The van der Waals surface area contributed by atoms with Crippen molar-refractivity contribution in [1.29, 1.82) is 0 Å². The average molecular weight is 2010 g/mol. The number of hydrogen-bond acceptors (Lipinski definition) is 25. The first-order chi connectivity index (χ1) is 61.2. The van der Waals surface area contributed by atoms with E-state index in [0.29, 0.717) is 0 Å². The maximum Gasteiger partial charge on any atom is 0.573 e. The van der Waals surface area contributed by atoms with Crippen LogP contribution in [0.4, 0.5) is 0 Å². The van der Waals surface area contributed by atoms with Crippen LogP contribution >= 0.6 is 0 Å². The van der Waals surface area contributed by atoms with Crippen molar-refractivity contribution >= 4 is 141 Å². The van der Waals surface area contributed by atoms with Gasteiger partial charge < -0.3 is 98.8 Å². The van der Waals surface area contributed by atoms with E-state index in [9.17, 15) is 98.8 Å². The molecule has 0 radical (unpaired) electrons. The van der Waals surface area contributed by atoms with Crippen LogP contribution in [0.15, 0.2) is 0 Å². The molecule has 0 aromatic carbocycles. The molecule has 12 heterocycles. The van der Waals surface area contributed by atoms with Gasteiger partial charge in [-0.05, 0) is 180 Å². The van der Waals surface area contributed by atoms with Crippen LogP contribution in [0.25, 0.3) is 0 Å². The third-order valence-corrected chi connectivity index (χ3v) is 115. The van der Waals surface area contributed by atoms with Crippen LogP contribution in [0.1, 0.15) is 449 Å². The first kappa shape index (κ1) is 90.1. The second kappa shape index (κ2) is 35.9. The minimum absolute atomic E-state index is 0.0833. The van der Waals surface area contributed by atoms with Gasteiger partial charge in [-0.3, -0.25) is 0 Å². The average Bonchev–Trinajstić information content (AvgIpc) is 0.664. The van der Waals surface area contributed by atoms with E-state index in [1.165, 1.54) is 0 Å². The molecular weight excluding hydrogens is 1860 g/mol. The molecule has 16 bridgehead atoms. The van der Waals surface area contributed by atoms with Gasteiger partial charge in [0.25, 0.3) is 0 Å². The van der Waals surface area contributed by atoms with Crippen LogP contribution in [-0.2, 0) is 98.8 Å². The minimum Gasteiger partial charge on any atom is -0.373 e. The first-order valence-electron chi connectivity index (χ1n) is 53.8. The molecular formula is C84H155NO24Si16. The van der Waals surface area contributed by atoms with E-state index in [-0.39, 0.29) is 77.6 Å². The number of rotatable bonds is 16. The van der Waals surface area contributed by atoms with E-state index in [4.69, 9.17) is 4.65 Å². The van der Waals surface area contributed by atoms with E-state index in [2.05, 4.69) is 0 Å². The monoisotopic (exact) mass is 2010 g/mol. The van der Waals surface area contributed by atoms with Gasteiger partial charge in [0.05, 0.1) is 0 Å². The fraction of sp³-hybridized carbons (Fsp3) is 1.00. The highest BCUT2D eigenvalue weighted by Gasteiger charge is 2.94. The topological polar surface area (TPSA) is 234 Å². The highest BCUT2D eigenvalue weighted by Crippen LogP contribution is 2.70. The van der Waals surface area contributed by atoms with Gasteiger partial charge >= 0.3 is 141 Å². The zero-order valence-electron chi connectivity index (χ0n) is 75.9. The minimum atomic E-state index is -5.53. The summed E-state index contributed by atoms with van der Waals surface area (Å²) in [6.45, 7) is 0. The molecule has 12 aliphatic heterocycles. The SMILES string of the molecule is C1CCC([Si]23O[Si]4(N[Si]56O[Si]7(C8CCCCC8)O[Si]8(C9CCCCC9)O[Si](C9CCCCC9)(O5)O[Si]5(C9CCCCC9)O[Si](C9CCCCC9)(O6)O[Si](C6CCCCC6)(O7)O[Si](C6CCCCC6)(O8)O5)O[Si]5(C6CCCCC6)O[Si](C6CCCCC6)(O2)O[Si]2(C6CCCCC6)O[Si](C6CCCCC6)(O3)O[Si](C3CCCCC3)(O4)O[Si](C3CCCCC3)(O5)O2)CC1. The van der Waals surface area contributed by atoms with E-state index in [1.807, 2.05) is 0 Å². The van der Waals surface area contributed by atoms with Crippen molar-refractivity contribution in [3.8, 4) is 0 Å². The smallest absolute Gasteiger partial charge is 0.373 e. The molecule has 25 nitrogen and oxygen atoms in total. The lowest BCUT2D eigenvalue weighted by Crippen LogP contribution is -2.96. The molecule has 14 saturated carbocycles. The molecule has 0 atom stereocenters. The molecule has 0 aromatic heterocycles. The Hall–Kier alpha value is 2.47. The standard InChI is InChI=1S/C84H155NO24Si16/c1-15-43-71(44-16-1)110-86-112(73-47-19-3-20-48-73)92-118(79-59-31-9-32-60-79)94-113(87-110,74-49-21-4-22-50-74)96-120(81-63-35-11-36-64-81)97-114(88-110,75-51-23-5-24-52-75)95-119(93-112,80-61-33-10-34-62-80)105-124(104-118,106-120)85-125-107-121(82-65-37-12-38-66-82)98-115(76-53-25-6-26-54-76)89-111(72-45-17-2-18-46-72)90-116(100-121,77-55-27-7-28-56-77)102-123(109-125,84-69-41-14-42-70-84)103-117(91-111,78-57-29-8-30-58-78)101-122(99-115,108-125)83-67-39-13-40-68-83/h71-85H,1-70H2. The maximum atomic E-state index is 9.69. The Morgan fingerprint density at radius 3 is 0.248 bits per heavy atom. The second-order valence-corrected chi connectivity index (χ2v) is 96.0. The summed E-state index contributed by atoms with van der Waals surface area (Å²) in [4.78, 5) is 0. The lowest BCUT2D eigenvalue weighted by atomic mass is 10.0. The lowest BCUT2D eigenvalue weighted by molar-refractivity contribution is -0.0572. The summed E-state index contributed by atoms with van der Waals surface area (Å²) in [7, 11) is -75.5. The summed E-state index contributed by atoms with van der Waals surface area (Å²) < 4.78 is 232. The van der Waals surface area contributed by atoms with Crippen molar-refractivity contribution in [3.63, 3.8) is 0 Å². The molecule has 12 saturated heterocycles. The van der Waals surface area contributed by atoms with Crippen molar-refractivity contribution in [1.82, 2.24) is 4.65 Å². The summed E-state index contributed by atoms with van der Waals surface area (Å²) in [5.74, 6) is 0. The molecule has 0 aromatic rings. The van der Waals surface area contributed by atoms with Crippen molar-refractivity contribution < 1.29 is 98.8 Å². The van der Waals surface area contributed by atoms with Gasteiger partial charge in [0.2, 0.25) is 0 Å². The number of hydrogen-bond donors (Lipinski definition) is 1. The Labute approximate surface area is 765 Å². The molecule has 1 N–H and O–H groups in total.